The van der Waals surface area contributed by atoms with Crippen LogP contribution in [0.2, 0.25) is 0 Å². The van der Waals surface area contributed by atoms with Crippen molar-refractivity contribution in [2.24, 2.45) is 10.7 Å². The smallest absolute Gasteiger partial charge is 0.188 e. The van der Waals surface area contributed by atoms with Crippen LogP contribution in [0.15, 0.2) is 4.99 Å². The third-order valence-corrected chi connectivity index (χ3v) is 4.31. The molecule has 0 spiro atoms. The van der Waals surface area contributed by atoms with Crippen LogP contribution in [0.25, 0.3) is 0 Å². The fourth-order valence-corrected chi connectivity index (χ4v) is 3.04. The van der Waals surface area contributed by atoms with Crippen molar-refractivity contribution in [3.05, 3.63) is 0 Å². The average molecular weight is 297 g/mol. The Bertz CT molecular complexity index is 296. The van der Waals surface area contributed by atoms with E-state index in [2.05, 4.69) is 10.3 Å². The van der Waals surface area contributed by atoms with Gasteiger partial charge in [-0.1, -0.05) is 25.7 Å². The molecule has 2 rings (SSSR count). The fraction of sp³-hybridized carbons (Fsp3) is 0.938. The summed E-state index contributed by atoms with van der Waals surface area (Å²) in [4.78, 5) is 4.41. The molecule has 2 aliphatic rings. The third kappa shape index (κ3) is 7.14. The number of hydrogen-bond donors (Lipinski definition) is 2. The van der Waals surface area contributed by atoms with Crippen LogP contribution in [-0.4, -0.2) is 44.5 Å². The van der Waals surface area contributed by atoms with Crippen molar-refractivity contribution in [1.29, 1.82) is 0 Å². The molecular weight excluding hydrogens is 266 g/mol. The van der Waals surface area contributed by atoms with Crippen LogP contribution in [0.3, 0.4) is 0 Å². The monoisotopic (exact) mass is 297 g/mol. The second-order valence-corrected chi connectivity index (χ2v) is 6.14. The minimum Gasteiger partial charge on any atom is -0.381 e. The maximum atomic E-state index is 5.96. The molecular formula is C16H31N3O2. The Kier molecular flexibility index (Phi) is 7.89. The Morgan fingerprint density at radius 3 is 2.52 bits per heavy atom. The van der Waals surface area contributed by atoms with E-state index in [-0.39, 0.29) is 0 Å². The minimum atomic E-state index is 0.379. The molecule has 0 bridgehead atoms. The van der Waals surface area contributed by atoms with Gasteiger partial charge in [0.05, 0.1) is 6.10 Å². The zero-order valence-corrected chi connectivity index (χ0v) is 13.2. The van der Waals surface area contributed by atoms with Crippen molar-refractivity contribution >= 4 is 5.96 Å². The number of nitrogens with one attached hydrogen (secondary N) is 1. The third-order valence-electron chi connectivity index (χ3n) is 4.31. The molecule has 0 aromatic rings. The summed E-state index contributed by atoms with van der Waals surface area (Å²) in [6.45, 7) is 3.18. The lowest BCUT2D eigenvalue weighted by atomic mass is 10.1. The summed E-state index contributed by atoms with van der Waals surface area (Å²) in [7, 11) is 0. The van der Waals surface area contributed by atoms with Gasteiger partial charge >= 0.3 is 0 Å². The van der Waals surface area contributed by atoms with E-state index in [1.807, 2.05) is 0 Å². The number of nitrogens with zero attached hydrogens (tertiary/aromatic N) is 1. The van der Waals surface area contributed by atoms with E-state index in [9.17, 15) is 0 Å². The van der Waals surface area contributed by atoms with Crippen LogP contribution in [-0.2, 0) is 9.47 Å². The van der Waals surface area contributed by atoms with E-state index >= 15 is 0 Å². The number of rotatable bonds is 6. The van der Waals surface area contributed by atoms with Gasteiger partial charge in [0.1, 0.15) is 0 Å². The van der Waals surface area contributed by atoms with E-state index < -0.39 is 0 Å². The molecule has 1 saturated heterocycles. The van der Waals surface area contributed by atoms with Gasteiger partial charge in [-0.25, -0.2) is 0 Å². The zero-order chi connectivity index (χ0) is 14.8. The lowest BCUT2D eigenvalue weighted by Gasteiger charge is -2.22. The first kappa shape index (κ1) is 16.6. The number of ether oxygens (including phenoxy) is 2. The van der Waals surface area contributed by atoms with Gasteiger partial charge in [0.2, 0.25) is 0 Å². The predicted molar refractivity (Wildman–Crippen MR) is 85.5 cm³/mol. The topological polar surface area (TPSA) is 68.9 Å². The normalized spacial score (nSPS) is 23.0. The first-order chi connectivity index (χ1) is 10.3. The number of nitrogens with two attached hydrogens (primary N) is 1. The van der Waals surface area contributed by atoms with Crippen molar-refractivity contribution in [2.45, 2.75) is 69.9 Å². The van der Waals surface area contributed by atoms with Gasteiger partial charge < -0.3 is 20.5 Å². The van der Waals surface area contributed by atoms with Gasteiger partial charge in [-0.15, -0.1) is 0 Å². The summed E-state index contributed by atoms with van der Waals surface area (Å²) in [6, 6.07) is 0.523. The van der Waals surface area contributed by atoms with Crippen LogP contribution in [0.5, 0.6) is 0 Å². The number of guanidine groups is 1. The standard InChI is InChI=1S/C16H31N3O2/c17-16(19-14-6-3-1-2-4-7-14)18-10-5-11-21-15-8-12-20-13-9-15/h14-15H,1-13H2,(H3,17,18,19). The summed E-state index contributed by atoms with van der Waals surface area (Å²) in [6.07, 6.45) is 11.1. The second-order valence-electron chi connectivity index (χ2n) is 6.14. The van der Waals surface area contributed by atoms with E-state index in [0.717, 1.165) is 45.6 Å². The van der Waals surface area contributed by atoms with Crippen molar-refractivity contribution in [2.75, 3.05) is 26.4 Å². The Labute approximate surface area is 128 Å². The second kappa shape index (κ2) is 10.0. The lowest BCUT2D eigenvalue weighted by Crippen LogP contribution is -2.39. The van der Waals surface area contributed by atoms with Crippen molar-refractivity contribution in [1.82, 2.24) is 5.32 Å². The maximum Gasteiger partial charge on any atom is 0.188 e. The summed E-state index contributed by atoms with van der Waals surface area (Å²) in [5.41, 5.74) is 5.96. The van der Waals surface area contributed by atoms with Crippen molar-refractivity contribution in [3.63, 3.8) is 0 Å². The van der Waals surface area contributed by atoms with Gasteiger partial charge in [0.15, 0.2) is 5.96 Å². The first-order valence-electron chi connectivity index (χ1n) is 8.60. The van der Waals surface area contributed by atoms with Gasteiger partial charge in [0, 0.05) is 32.4 Å². The van der Waals surface area contributed by atoms with Gasteiger partial charge in [-0.05, 0) is 32.1 Å². The molecule has 0 aromatic heterocycles. The van der Waals surface area contributed by atoms with Crippen molar-refractivity contribution in [3.8, 4) is 0 Å². The molecule has 0 radical (unpaired) electrons. The minimum absolute atomic E-state index is 0.379. The van der Waals surface area contributed by atoms with E-state index in [4.69, 9.17) is 15.2 Å². The zero-order valence-electron chi connectivity index (χ0n) is 13.2. The molecule has 1 heterocycles. The molecule has 0 amide bonds. The highest BCUT2D eigenvalue weighted by Crippen LogP contribution is 2.16. The average Bonchev–Trinajstić information content (AvgIpc) is 2.76. The van der Waals surface area contributed by atoms with Crippen LogP contribution in [0.4, 0.5) is 0 Å². The summed E-state index contributed by atoms with van der Waals surface area (Å²) >= 11 is 0. The number of hydrogen-bond acceptors (Lipinski definition) is 3. The van der Waals surface area contributed by atoms with Crippen molar-refractivity contribution < 1.29 is 9.47 Å². The van der Waals surface area contributed by atoms with Gasteiger partial charge in [0.25, 0.3) is 0 Å². The lowest BCUT2D eigenvalue weighted by molar-refractivity contribution is -0.0318. The van der Waals surface area contributed by atoms with Crippen LogP contribution < -0.4 is 11.1 Å². The quantitative estimate of drug-likeness (QED) is 0.341. The highest BCUT2D eigenvalue weighted by Gasteiger charge is 2.14. The molecule has 0 aromatic carbocycles. The first-order valence-corrected chi connectivity index (χ1v) is 8.60. The SMILES string of the molecule is NC(=NCCCOC1CCOCC1)NC1CCCCCC1. The maximum absolute atomic E-state index is 5.96. The summed E-state index contributed by atoms with van der Waals surface area (Å²) in [5.74, 6) is 0.605. The highest BCUT2D eigenvalue weighted by atomic mass is 16.5. The summed E-state index contributed by atoms with van der Waals surface area (Å²) < 4.78 is 11.1. The molecule has 3 N–H and O–H groups in total. The predicted octanol–water partition coefficient (Wildman–Crippen LogP) is 2.20. The molecule has 122 valence electrons. The summed E-state index contributed by atoms with van der Waals surface area (Å²) in [5, 5.41) is 3.37. The Balaban J connectivity index is 1.53. The van der Waals surface area contributed by atoms with Gasteiger partial charge in [-0.2, -0.15) is 0 Å². The fourth-order valence-electron chi connectivity index (χ4n) is 3.04. The van der Waals surface area contributed by atoms with Crippen LogP contribution >= 0.6 is 0 Å². The highest BCUT2D eigenvalue weighted by molar-refractivity contribution is 5.78. The molecule has 1 saturated carbocycles. The van der Waals surface area contributed by atoms with Crippen LogP contribution in [0, 0.1) is 0 Å². The molecule has 2 fully saturated rings. The molecule has 21 heavy (non-hydrogen) atoms. The Morgan fingerprint density at radius 1 is 1.10 bits per heavy atom. The van der Waals surface area contributed by atoms with E-state index in [0.29, 0.717) is 18.1 Å². The molecule has 0 unspecified atom stereocenters. The molecule has 5 nitrogen and oxygen atoms in total. The largest absolute Gasteiger partial charge is 0.381 e. The van der Waals surface area contributed by atoms with Gasteiger partial charge in [-0.3, -0.25) is 4.99 Å². The molecule has 1 aliphatic heterocycles. The molecule has 1 aliphatic carbocycles. The molecule has 0 atom stereocenters. The Hall–Kier alpha value is -0.810. The Morgan fingerprint density at radius 2 is 1.81 bits per heavy atom. The van der Waals surface area contributed by atoms with Crippen LogP contribution in [0.1, 0.15) is 57.8 Å². The number of aliphatic imine (C=N–C) groups is 1. The molecule has 5 heteroatoms. The van der Waals surface area contributed by atoms with E-state index in [1.165, 1.54) is 38.5 Å². The van der Waals surface area contributed by atoms with E-state index in [1.54, 1.807) is 0 Å².